The van der Waals surface area contributed by atoms with Crippen molar-refractivity contribution in [3.63, 3.8) is 0 Å². The normalized spacial score (nSPS) is 16.9. The summed E-state index contributed by atoms with van der Waals surface area (Å²) in [6.07, 6.45) is 0. The maximum atomic E-state index is 11.6. The molecule has 1 atom stereocenters. The van der Waals surface area contributed by atoms with Crippen molar-refractivity contribution in [3.05, 3.63) is 11.1 Å². The number of nitrogens with one attached hydrogen (secondary N) is 2. The van der Waals surface area contributed by atoms with Crippen molar-refractivity contribution in [2.75, 3.05) is 33.4 Å². The fraction of sp³-hybridized carbons (Fsp3) is 0.727. The Morgan fingerprint density at radius 3 is 2.73 bits per heavy atom. The van der Waals surface area contributed by atoms with Crippen molar-refractivity contribution in [1.29, 1.82) is 0 Å². The molecule has 0 aromatic heterocycles. The molecule has 1 aliphatic heterocycles. The van der Waals surface area contributed by atoms with Gasteiger partial charge >= 0.3 is 0 Å². The lowest BCUT2D eigenvalue weighted by atomic mass is 10.0. The smallest absolute Gasteiger partial charge is 0.246 e. The van der Waals surface area contributed by atoms with E-state index in [1.54, 1.807) is 7.11 Å². The second kappa shape index (κ2) is 5.88. The van der Waals surface area contributed by atoms with Crippen LogP contribution in [0.2, 0.25) is 0 Å². The fourth-order valence-corrected chi connectivity index (χ4v) is 1.42. The van der Waals surface area contributed by atoms with Crippen molar-refractivity contribution < 1.29 is 9.53 Å². The first-order valence-electron chi connectivity index (χ1n) is 5.31. The predicted molar refractivity (Wildman–Crippen MR) is 59.6 cm³/mol. The first-order chi connectivity index (χ1) is 7.15. The van der Waals surface area contributed by atoms with E-state index < -0.39 is 0 Å². The molecule has 15 heavy (non-hydrogen) atoms. The van der Waals surface area contributed by atoms with Crippen molar-refractivity contribution in [2.45, 2.75) is 13.8 Å². The van der Waals surface area contributed by atoms with Gasteiger partial charge in [-0.25, -0.2) is 0 Å². The van der Waals surface area contributed by atoms with E-state index in [2.05, 4.69) is 17.6 Å². The summed E-state index contributed by atoms with van der Waals surface area (Å²) in [7, 11) is 1.67. The topological polar surface area (TPSA) is 50.4 Å². The molecule has 0 spiro atoms. The van der Waals surface area contributed by atoms with Crippen LogP contribution < -0.4 is 10.6 Å². The van der Waals surface area contributed by atoms with Crippen LogP contribution in [0.4, 0.5) is 0 Å². The van der Waals surface area contributed by atoms with Crippen LogP contribution in [-0.4, -0.2) is 39.3 Å². The van der Waals surface area contributed by atoms with E-state index in [1.165, 1.54) is 5.57 Å². The van der Waals surface area contributed by atoms with Crippen molar-refractivity contribution >= 4 is 5.91 Å². The highest BCUT2D eigenvalue weighted by molar-refractivity contribution is 5.93. The van der Waals surface area contributed by atoms with Crippen LogP contribution in [0.15, 0.2) is 11.1 Å². The summed E-state index contributed by atoms with van der Waals surface area (Å²) in [6.45, 7) is 6.99. The molecule has 0 bridgehead atoms. The molecule has 1 saturated heterocycles. The van der Waals surface area contributed by atoms with Gasteiger partial charge < -0.3 is 15.4 Å². The van der Waals surface area contributed by atoms with Crippen LogP contribution >= 0.6 is 0 Å². The Labute approximate surface area is 91.1 Å². The lowest BCUT2D eigenvalue weighted by Gasteiger charge is -2.21. The first kappa shape index (κ1) is 12.2. The van der Waals surface area contributed by atoms with E-state index in [0.717, 1.165) is 18.7 Å². The highest BCUT2D eigenvalue weighted by atomic mass is 16.5. The molecule has 0 aromatic carbocycles. The zero-order valence-corrected chi connectivity index (χ0v) is 9.72. The monoisotopic (exact) mass is 212 g/mol. The lowest BCUT2D eigenvalue weighted by molar-refractivity contribution is -0.117. The maximum absolute atomic E-state index is 11.6. The zero-order valence-electron chi connectivity index (χ0n) is 9.72. The molecule has 1 aliphatic rings. The van der Waals surface area contributed by atoms with Gasteiger partial charge in [-0.3, -0.25) is 4.79 Å². The van der Waals surface area contributed by atoms with Gasteiger partial charge in [-0.2, -0.15) is 0 Å². The molecule has 4 heteroatoms. The standard InChI is InChI=1S/C11H20N2O2/c1-8(7-15-3)4-13-11(14)9(2)10-5-12-6-10/h8,12H,4-7H2,1-3H3,(H,13,14). The minimum Gasteiger partial charge on any atom is -0.384 e. The predicted octanol–water partition coefficient (Wildman–Crippen LogP) is 0.305. The van der Waals surface area contributed by atoms with Crippen LogP contribution in [0, 0.1) is 5.92 Å². The second-order valence-corrected chi connectivity index (χ2v) is 4.10. The number of amides is 1. The van der Waals surface area contributed by atoms with Crippen LogP contribution in [0.3, 0.4) is 0 Å². The van der Waals surface area contributed by atoms with Gasteiger partial charge in [0, 0.05) is 32.3 Å². The summed E-state index contributed by atoms with van der Waals surface area (Å²) in [5, 5.41) is 6.04. The van der Waals surface area contributed by atoms with Crippen LogP contribution in [-0.2, 0) is 9.53 Å². The maximum Gasteiger partial charge on any atom is 0.246 e. The van der Waals surface area contributed by atoms with E-state index in [1.807, 2.05) is 6.92 Å². The fourth-order valence-electron chi connectivity index (χ4n) is 1.42. The van der Waals surface area contributed by atoms with Gasteiger partial charge in [0.1, 0.15) is 0 Å². The number of carbonyl (C=O) groups excluding carboxylic acids is 1. The number of rotatable bonds is 5. The summed E-state index contributed by atoms with van der Waals surface area (Å²) >= 11 is 0. The molecule has 4 nitrogen and oxygen atoms in total. The summed E-state index contributed by atoms with van der Waals surface area (Å²) in [4.78, 5) is 11.6. The van der Waals surface area contributed by atoms with Gasteiger partial charge in [-0.05, 0) is 18.4 Å². The Kier molecular flexibility index (Phi) is 4.78. The number of hydrogen-bond acceptors (Lipinski definition) is 3. The third kappa shape index (κ3) is 3.64. The Balaban J connectivity index is 2.29. The quantitative estimate of drug-likeness (QED) is 0.645. The molecular formula is C11H20N2O2. The second-order valence-electron chi connectivity index (χ2n) is 4.10. The molecule has 1 fully saturated rings. The highest BCUT2D eigenvalue weighted by Gasteiger charge is 2.16. The largest absolute Gasteiger partial charge is 0.384 e. The van der Waals surface area contributed by atoms with Gasteiger partial charge in [0.2, 0.25) is 5.91 Å². The van der Waals surface area contributed by atoms with Crippen LogP contribution in [0.25, 0.3) is 0 Å². The van der Waals surface area contributed by atoms with E-state index in [0.29, 0.717) is 19.1 Å². The molecule has 86 valence electrons. The van der Waals surface area contributed by atoms with E-state index in [9.17, 15) is 4.79 Å². The molecule has 1 unspecified atom stereocenters. The molecular weight excluding hydrogens is 192 g/mol. The molecule has 0 aliphatic carbocycles. The molecule has 1 heterocycles. The SMILES string of the molecule is COCC(C)CNC(=O)C(C)=C1CNC1. The van der Waals surface area contributed by atoms with Gasteiger partial charge in [0.15, 0.2) is 0 Å². The summed E-state index contributed by atoms with van der Waals surface area (Å²) in [5.41, 5.74) is 2.07. The van der Waals surface area contributed by atoms with E-state index >= 15 is 0 Å². The molecule has 0 aromatic rings. The van der Waals surface area contributed by atoms with Crippen molar-refractivity contribution in [2.24, 2.45) is 5.92 Å². The number of hydrogen-bond donors (Lipinski definition) is 2. The van der Waals surface area contributed by atoms with Gasteiger partial charge in [-0.1, -0.05) is 6.92 Å². The minimum atomic E-state index is 0.0504. The summed E-state index contributed by atoms with van der Waals surface area (Å²) in [6, 6.07) is 0. The van der Waals surface area contributed by atoms with Crippen LogP contribution in [0.5, 0.6) is 0 Å². The molecule has 0 saturated carbocycles. The highest BCUT2D eigenvalue weighted by Crippen LogP contribution is 2.08. The molecule has 0 radical (unpaired) electrons. The Morgan fingerprint density at radius 1 is 1.60 bits per heavy atom. The molecule has 1 amide bonds. The summed E-state index contributed by atoms with van der Waals surface area (Å²) < 4.78 is 5.00. The average Bonchev–Trinajstić information content (AvgIpc) is 2.11. The zero-order chi connectivity index (χ0) is 11.3. The number of methoxy groups -OCH3 is 1. The third-order valence-corrected chi connectivity index (χ3v) is 2.61. The van der Waals surface area contributed by atoms with Crippen molar-refractivity contribution in [3.8, 4) is 0 Å². The minimum absolute atomic E-state index is 0.0504. The number of ether oxygens (including phenoxy) is 1. The van der Waals surface area contributed by atoms with E-state index in [-0.39, 0.29) is 5.91 Å². The summed E-state index contributed by atoms with van der Waals surface area (Å²) in [5.74, 6) is 0.408. The van der Waals surface area contributed by atoms with Gasteiger partial charge in [0.25, 0.3) is 0 Å². The Morgan fingerprint density at radius 2 is 2.27 bits per heavy atom. The average molecular weight is 212 g/mol. The molecule has 1 rings (SSSR count). The molecule has 2 N–H and O–H groups in total. The van der Waals surface area contributed by atoms with Gasteiger partial charge in [-0.15, -0.1) is 0 Å². The van der Waals surface area contributed by atoms with Gasteiger partial charge in [0.05, 0.1) is 6.61 Å². The Hall–Kier alpha value is -0.870. The Bertz CT molecular complexity index is 255. The van der Waals surface area contributed by atoms with Crippen LogP contribution in [0.1, 0.15) is 13.8 Å². The van der Waals surface area contributed by atoms with Crippen molar-refractivity contribution in [1.82, 2.24) is 10.6 Å². The third-order valence-electron chi connectivity index (χ3n) is 2.61. The number of carbonyl (C=O) groups is 1. The van der Waals surface area contributed by atoms with E-state index in [4.69, 9.17) is 4.74 Å². The first-order valence-corrected chi connectivity index (χ1v) is 5.31. The lowest BCUT2D eigenvalue weighted by Crippen LogP contribution is -2.38.